The largest absolute Gasteiger partial charge is 0.479 e. The Labute approximate surface area is 114 Å². The van der Waals surface area contributed by atoms with E-state index in [9.17, 15) is 9.59 Å². The molecule has 1 amide bonds. The highest BCUT2D eigenvalue weighted by Crippen LogP contribution is 2.22. The highest BCUT2D eigenvalue weighted by atomic mass is 35.5. The molecule has 1 atom stereocenters. The summed E-state index contributed by atoms with van der Waals surface area (Å²) in [5.41, 5.74) is 0. The molecule has 0 unspecified atom stereocenters. The molecule has 0 saturated carbocycles. The second kappa shape index (κ2) is 6.72. The van der Waals surface area contributed by atoms with Crippen molar-refractivity contribution in [1.82, 2.24) is 4.90 Å². The molecule has 0 aromatic carbocycles. The van der Waals surface area contributed by atoms with E-state index in [0.29, 0.717) is 10.9 Å². The fourth-order valence-electron chi connectivity index (χ4n) is 1.14. The van der Waals surface area contributed by atoms with E-state index in [4.69, 9.17) is 21.4 Å². The predicted molar refractivity (Wildman–Crippen MR) is 68.9 cm³/mol. The van der Waals surface area contributed by atoms with E-state index >= 15 is 0 Å². The minimum atomic E-state index is -1.09. The number of carbonyl (C=O) groups is 2. The molecule has 18 heavy (non-hydrogen) atoms. The first-order valence-corrected chi connectivity index (χ1v) is 6.42. The van der Waals surface area contributed by atoms with Crippen LogP contribution in [0.5, 0.6) is 0 Å². The third kappa shape index (κ3) is 4.64. The number of ether oxygens (including phenoxy) is 1. The number of thiophene rings is 1. The van der Waals surface area contributed by atoms with Gasteiger partial charge in [-0.05, 0) is 19.1 Å². The van der Waals surface area contributed by atoms with Crippen molar-refractivity contribution in [2.24, 2.45) is 0 Å². The predicted octanol–water partition coefficient (Wildman–Crippen LogP) is 1.85. The Bertz CT molecular complexity index is 434. The van der Waals surface area contributed by atoms with Crippen molar-refractivity contribution in [3.8, 4) is 0 Å². The first-order valence-electron chi connectivity index (χ1n) is 5.22. The van der Waals surface area contributed by atoms with Gasteiger partial charge in [0, 0.05) is 11.9 Å². The van der Waals surface area contributed by atoms with E-state index < -0.39 is 12.1 Å². The molecule has 0 bridgehead atoms. The van der Waals surface area contributed by atoms with Crippen LogP contribution in [0, 0.1) is 0 Å². The molecule has 0 radical (unpaired) electrons. The Balaban J connectivity index is 2.39. The normalized spacial score (nSPS) is 12.2. The molecule has 1 aromatic rings. The van der Waals surface area contributed by atoms with Crippen molar-refractivity contribution in [2.75, 3.05) is 13.7 Å². The van der Waals surface area contributed by atoms with Gasteiger partial charge in [0.05, 0.1) is 10.9 Å². The van der Waals surface area contributed by atoms with E-state index in [1.807, 2.05) is 6.07 Å². The Morgan fingerprint density at radius 3 is 2.72 bits per heavy atom. The summed E-state index contributed by atoms with van der Waals surface area (Å²) in [6.07, 6.45) is -0.987. The van der Waals surface area contributed by atoms with Crippen LogP contribution in [0.25, 0.3) is 0 Å². The van der Waals surface area contributed by atoms with Crippen molar-refractivity contribution in [2.45, 2.75) is 19.6 Å². The monoisotopic (exact) mass is 291 g/mol. The van der Waals surface area contributed by atoms with Gasteiger partial charge in [0.1, 0.15) is 6.61 Å². The maximum Gasteiger partial charge on any atom is 0.332 e. The van der Waals surface area contributed by atoms with Gasteiger partial charge in [0.25, 0.3) is 0 Å². The van der Waals surface area contributed by atoms with E-state index in [1.165, 1.54) is 23.2 Å². The number of halogens is 1. The number of carboxylic acids is 1. The standard InChI is InChI=1S/C11H14ClNO4S/c1-7(11(15)16)17-6-10(14)13(2)5-8-3-4-9(12)18-8/h3-4,7H,5-6H2,1-2H3,(H,15,16)/t7-/m1/s1. The molecular formula is C11H14ClNO4S. The van der Waals surface area contributed by atoms with E-state index in [1.54, 1.807) is 13.1 Å². The molecule has 7 heteroatoms. The van der Waals surface area contributed by atoms with Crippen molar-refractivity contribution in [1.29, 1.82) is 0 Å². The Morgan fingerprint density at radius 2 is 2.22 bits per heavy atom. The lowest BCUT2D eigenvalue weighted by molar-refractivity contribution is -0.152. The molecule has 1 N–H and O–H groups in total. The third-order valence-corrected chi connectivity index (χ3v) is 3.47. The van der Waals surface area contributed by atoms with Crippen LogP contribution in [0.3, 0.4) is 0 Å². The van der Waals surface area contributed by atoms with Gasteiger partial charge in [0.2, 0.25) is 5.91 Å². The molecule has 100 valence electrons. The number of aliphatic carboxylic acids is 1. The number of hydrogen-bond donors (Lipinski definition) is 1. The zero-order valence-corrected chi connectivity index (χ0v) is 11.6. The summed E-state index contributed by atoms with van der Waals surface area (Å²) in [6, 6.07) is 3.61. The van der Waals surface area contributed by atoms with Crippen LogP contribution < -0.4 is 0 Å². The fourth-order valence-corrected chi connectivity index (χ4v) is 2.28. The van der Waals surface area contributed by atoms with Crippen LogP contribution in [0.1, 0.15) is 11.8 Å². The molecule has 0 fully saturated rings. The summed E-state index contributed by atoms with van der Waals surface area (Å²) < 4.78 is 5.58. The number of likely N-dealkylation sites (N-methyl/N-ethyl adjacent to an activating group) is 1. The molecule has 0 spiro atoms. The Kier molecular flexibility index (Phi) is 5.58. The molecule has 0 saturated heterocycles. The molecule has 1 heterocycles. The maximum absolute atomic E-state index is 11.7. The van der Waals surface area contributed by atoms with E-state index in [0.717, 1.165) is 4.88 Å². The topological polar surface area (TPSA) is 66.8 Å². The number of nitrogens with zero attached hydrogens (tertiary/aromatic N) is 1. The maximum atomic E-state index is 11.7. The SMILES string of the molecule is C[C@@H](OCC(=O)N(C)Cc1ccc(Cl)s1)C(=O)O. The highest BCUT2D eigenvalue weighted by Gasteiger charge is 2.16. The average molecular weight is 292 g/mol. The lowest BCUT2D eigenvalue weighted by Gasteiger charge is -2.17. The minimum Gasteiger partial charge on any atom is -0.479 e. The molecule has 0 aliphatic carbocycles. The van der Waals surface area contributed by atoms with Gasteiger partial charge >= 0.3 is 5.97 Å². The first kappa shape index (κ1) is 14.9. The number of carbonyl (C=O) groups excluding carboxylic acids is 1. The van der Waals surface area contributed by atoms with Crippen molar-refractivity contribution in [3.05, 3.63) is 21.3 Å². The van der Waals surface area contributed by atoms with Crippen molar-refractivity contribution < 1.29 is 19.4 Å². The molecule has 0 aliphatic heterocycles. The molecule has 1 rings (SSSR count). The van der Waals surface area contributed by atoms with Gasteiger partial charge in [-0.1, -0.05) is 11.6 Å². The third-order valence-electron chi connectivity index (χ3n) is 2.25. The van der Waals surface area contributed by atoms with Crippen LogP contribution in [0.2, 0.25) is 4.34 Å². The van der Waals surface area contributed by atoms with Crippen LogP contribution >= 0.6 is 22.9 Å². The number of hydrogen-bond acceptors (Lipinski definition) is 4. The lowest BCUT2D eigenvalue weighted by Crippen LogP contribution is -2.32. The zero-order valence-electron chi connectivity index (χ0n) is 10.1. The van der Waals surface area contributed by atoms with Crippen LogP contribution in [0.4, 0.5) is 0 Å². The molecule has 1 aromatic heterocycles. The number of carboxylic acid groups (broad SMARTS) is 1. The highest BCUT2D eigenvalue weighted by molar-refractivity contribution is 7.16. The summed E-state index contributed by atoms with van der Waals surface area (Å²) in [5, 5.41) is 8.61. The summed E-state index contributed by atoms with van der Waals surface area (Å²) in [4.78, 5) is 24.6. The van der Waals surface area contributed by atoms with Crippen LogP contribution in [-0.2, 0) is 20.9 Å². The fraction of sp³-hybridized carbons (Fsp3) is 0.455. The second-order valence-electron chi connectivity index (χ2n) is 3.75. The van der Waals surface area contributed by atoms with Gasteiger partial charge in [-0.2, -0.15) is 0 Å². The van der Waals surface area contributed by atoms with E-state index in [2.05, 4.69) is 0 Å². The van der Waals surface area contributed by atoms with Crippen LogP contribution in [-0.4, -0.2) is 41.6 Å². The van der Waals surface area contributed by atoms with Crippen LogP contribution in [0.15, 0.2) is 12.1 Å². The lowest BCUT2D eigenvalue weighted by atomic mass is 10.4. The van der Waals surface area contributed by atoms with Crippen molar-refractivity contribution in [3.63, 3.8) is 0 Å². The van der Waals surface area contributed by atoms with Gasteiger partial charge in [-0.3, -0.25) is 4.79 Å². The van der Waals surface area contributed by atoms with Gasteiger partial charge in [-0.15, -0.1) is 11.3 Å². The quantitative estimate of drug-likeness (QED) is 0.868. The van der Waals surface area contributed by atoms with Crippen molar-refractivity contribution >= 4 is 34.8 Å². The summed E-state index contributed by atoms with van der Waals surface area (Å²) in [7, 11) is 1.63. The molecule has 0 aliphatic rings. The van der Waals surface area contributed by atoms with Gasteiger partial charge in [0.15, 0.2) is 6.10 Å². The summed E-state index contributed by atoms with van der Waals surface area (Å²) in [6.45, 7) is 1.57. The Hall–Kier alpha value is -1.11. The van der Waals surface area contributed by atoms with Gasteiger partial charge < -0.3 is 14.7 Å². The smallest absolute Gasteiger partial charge is 0.332 e. The Morgan fingerprint density at radius 1 is 1.56 bits per heavy atom. The van der Waals surface area contributed by atoms with Gasteiger partial charge in [-0.25, -0.2) is 4.79 Å². The summed E-state index contributed by atoms with van der Waals surface area (Å²) in [5.74, 6) is -1.36. The molecular weight excluding hydrogens is 278 g/mol. The summed E-state index contributed by atoms with van der Waals surface area (Å²) >= 11 is 7.19. The second-order valence-corrected chi connectivity index (χ2v) is 5.55. The number of amides is 1. The molecule has 5 nitrogen and oxygen atoms in total. The average Bonchev–Trinajstić information content (AvgIpc) is 2.70. The minimum absolute atomic E-state index is 0.247. The zero-order chi connectivity index (χ0) is 13.7. The first-order chi connectivity index (χ1) is 8.40. The van der Waals surface area contributed by atoms with E-state index in [-0.39, 0.29) is 12.5 Å². The number of rotatable bonds is 6.